The van der Waals surface area contributed by atoms with Gasteiger partial charge in [0.25, 0.3) is 5.91 Å². The fourth-order valence-corrected chi connectivity index (χ4v) is 7.93. The van der Waals surface area contributed by atoms with Crippen LogP contribution in [0, 0.1) is 11.8 Å². The number of carbonyl (C=O) groups excluding carboxylic acids is 1. The van der Waals surface area contributed by atoms with Gasteiger partial charge in [-0.15, -0.1) is 11.3 Å². The first-order valence-electron chi connectivity index (χ1n) is 14.0. The van der Waals surface area contributed by atoms with Crippen LogP contribution in [0.2, 0.25) is 0 Å². The van der Waals surface area contributed by atoms with Crippen LogP contribution in [0.1, 0.15) is 108 Å². The number of amides is 1. The van der Waals surface area contributed by atoms with Gasteiger partial charge in [0.1, 0.15) is 4.90 Å². The lowest BCUT2D eigenvalue weighted by atomic mass is 9.80. The number of hydrogen-bond acceptors (Lipinski definition) is 8. The van der Waals surface area contributed by atoms with Crippen LogP contribution in [0.4, 0.5) is 0 Å². The van der Waals surface area contributed by atoms with Gasteiger partial charge in [-0.05, 0) is 46.0 Å². The molecule has 3 N–H and O–H groups in total. The number of nitrogens with zero attached hydrogens (tertiary/aromatic N) is 3. The maximum atomic E-state index is 13.3. The largest absolute Gasteiger partial charge is 0.481 e. The third-order valence-corrected chi connectivity index (χ3v) is 10.2. The molecule has 1 amide bonds. The second-order valence-corrected chi connectivity index (χ2v) is 15.8. The van der Waals surface area contributed by atoms with Crippen LogP contribution in [0.25, 0.3) is 10.7 Å². The number of thiazole rings is 1. The van der Waals surface area contributed by atoms with Gasteiger partial charge in [0.05, 0.1) is 28.4 Å². The van der Waals surface area contributed by atoms with Crippen molar-refractivity contribution < 1.29 is 23.1 Å². The zero-order valence-corrected chi connectivity index (χ0v) is 25.8. The SMILES string of the molecule is CC(C)(C)NS(=O)(=O)c1cnc(-c2sc(C(=O)NC3CC(C(=O)O)C3)nc2CC2CCCCC2)nc1C(C)(C)C. The average Bonchev–Trinajstić information content (AvgIpc) is 3.22. The average molecular weight is 592 g/mol. The molecule has 0 atom stereocenters. The number of aromatic nitrogens is 3. The fourth-order valence-electron chi connectivity index (χ4n) is 5.28. The Kier molecular flexibility index (Phi) is 8.73. The van der Waals surface area contributed by atoms with E-state index >= 15 is 0 Å². The molecule has 0 unspecified atom stereocenters. The Morgan fingerprint density at radius 1 is 1.05 bits per heavy atom. The van der Waals surface area contributed by atoms with Crippen LogP contribution in [-0.2, 0) is 26.7 Å². The van der Waals surface area contributed by atoms with E-state index in [-0.39, 0.29) is 21.9 Å². The molecule has 2 fully saturated rings. The van der Waals surface area contributed by atoms with Crippen LogP contribution < -0.4 is 10.0 Å². The Morgan fingerprint density at radius 2 is 1.70 bits per heavy atom. The maximum Gasteiger partial charge on any atom is 0.306 e. The van der Waals surface area contributed by atoms with Gasteiger partial charge in [-0.3, -0.25) is 9.59 Å². The van der Waals surface area contributed by atoms with Gasteiger partial charge in [0, 0.05) is 17.0 Å². The van der Waals surface area contributed by atoms with Crippen molar-refractivity contribution in [1.29, 1.82) is 0 Å². The summed E-state index contributed by atoms with van der Waals surface area (Å²) in [6, 6.07) is -0.189. The van der Waals surface area contributed by atoms with E-state index in [1.165, 1.54) is 36.8 Å². The van der Waals surface area contributed by atoms with Crippen molar-refractivity contribution in [2.24, 2.45) is 11.8 Å². The molecule has 0 aromatic carbocycles. The highest BCUT2D eigenvalue weighted by Gasteiger charge is 2.36. The minimum atomic E-state index is -3.89. The lowest BCUT2D eigenvalue weighted by molar-refractivity contribution is -0.145. The zero-order chi connectivity index (χ0) is 29.5. The summed E-state index contributed by atoms with van der Waals surface area (Å²) < 4.78 is 29.3. The number of sulfonamides is 1. The van der Waals surface area contributed by atoms with Crippen LogP contribution in [0.3, 0.4) is 0 Å². The van der Waals surface area contributed by atoms with E-state index in [1.807, 2.05) is 20.8 Å². The molecule has 2 aromatic rings. The van der Waals surface area contributed by atoms with Gasteiger partial charge in [-0.2, -0.15) is 0 Å². The van der Waals surface area contributed by atoms with Crippen LogP contribution in [0.5, 0.6) is 0 Å². The van der Waals surface area contributed by atoms with Crippen molar-refractivity contribution in [3.63, 3.8) is 0 Å². The lowest BCUT2D eigenvalue weighted by Gasteiger charge is -2.32. The van der Waals surface area contributed by atoms with Crippen molar-refractivity contribution >= 4 is 33.2 Å². The molecule has 220 valence electrons. The van der Waals surface area contributed by atoms with E-state index in [2.05, 4.69) is 15.0 Å². The van der Waals surface area contributed by atoms with E-state index in [1.54, 1.807) is 20.8 Å². The summed E-state index contributed by atoms with van der Waals surface area (Å²) in [5.74, 6) is -0.792. The summed E-state index contributed by atoms with van der Waals surface area (Å²) in [7, 11) is -3.89. The van der Waals surface area contributed by atoms with Crippen LogP contribution >= 0.6 is 11.3 Å². The smallest absolute Gasteiger partial charge is 0.306 e. The summed E-state index contributed by atoms with van der Waals surface area (Å²) in [5.41, 5.74) is -0.127. The standard InChI is InChI=1S/C28H41N5O5S2/c1-27(2,3)22-20(40(37,38)33-28(4,5)6)15-29-23(32-22)21-19(12-16-10-8-7-9-11-16)31-25(39-21)24(34)30-18-13-17(14-18)26(35)36/h15-18,33H,7-14H2,1-6H3,(H,30,34)(H,35,36). The normalized spacial score (nSPS) is 20.6. The second-order valence-electron chi connectivity index (χ2n) is 13.2. The first kappa shape index (κ1) is 30.5. The van der Waals surface area contributed by atoms with Gasteiger partial charge in [0.2, 0.25) is 10.0 Å². The van der Waals surface area contributed by atoms with Crippen molar-refractivity contribution in [2.75, 3.05) is 0 Å². The van der Waals surface area contributed by atoms with E-state index in [9.17, 15) is 18.0 Å². The number of hydrogen-bond donors (Lipinski definition) is 3. The lowest BCUT2D eigenvalue weighted by Crippen LogP contribution is -2.46. The maximum absolute atomic E-state index is 13.3. The third-order valence-electron chi connectivity index (χ3n) is 7.32. The molecule has 10 nitrogen and oxygen atoms in total. The highest BCUT2D eigenvalue weighted by atomic mass is 32.2. The number of nitrogens with one attached hydrogen (secondary N) is 2. The van der Waals surface area contributed by atoms with Gasteiger partial charge in [0.15, 0.2) is 10.8 Å². The molecule has 2 heterocycles. The van der Waals surface area contributed by atoms with Gasteiger partial charge in [-0.1, -0.05) is 52.9 Å². The molecular formula is C28H41N5O5S2. The van der Waals surface area contributed by atoms with Crippen molar-refractivity contribution in [2.45, 2.75) is 115 Å². The van der Waals surface area contributed by atoms with E-state index in [4.69, 9.17) is 15.1 Å². The molecule has 0 radical (unpaired) electrons. The molecule has 2 aliphatic rings. The quantitative estimate of drug-likeness (QED) is 0.400. The Hall–Kier alpha value is -2.44. The first-order valence-corrected chi connectivity index (χ1v) is 16.3. The number of carbonyl (C=O) groups is 2. The first-order chi connectivity index (χ1) is 18.5. The molecule has 2 saturated carbocycles. The summed E-state index contributed by atoms with van der Waals surface area (Å²) in [5, 5.41) is 12.4. The third kappa shape index (κ3) is 7.25. The van der Waals surface area contributed by atoms with Crippen LogP contribution in [0.15, 0.2) is 11.1 Å². The Bertz CT molecular complexity index is 1360. The molecule has 2 aromatic heterocycles. The molecule has 12 heteroatoms. The van der Waals surface area contributed by atoms with E-state index < -0.39 is 32.9 Å². The summed E-state index contributed by atoms with van der Waals surface area (Å²) in [6.45, 7) is 11.1. The Balaban J connectivity index is 1.71. The molecule has 0 aliphatic heterocycles. The summed E-state index contributed by atoms with van der Waals surface area (Å²) in [4.78, 5) is 39.0. The number of carboxylic acid groups (broad SMARTS) is 1. The van der Waals surface area contributed by atoms with E-state index in [0.717, 1.165) is 18.5 Å². The Morgan fingerprint density at radius 3 is 2.27 bits per heavy atom. The molecule has 0 saturated heterocycles. The number of carboxylic acids is 1. The molecule has 0 spiro atoms. The summed E-state index contributed by atoms with van der Waals surface area (Å²) in [6.07, 6.45) is 8.63. The van der Waals surface area contributed by atoms with Crippen molar-refractivity contribution in [3.8, 4) is 10.7 Å². The van der Waals surface area contributed by atoms with Crippen molar-refractivity contribution in [1.82, 2.24) is 25.0 Å². The van der Waals surface area contributed by atoms with Gasteiger partial charge in [-0.25, -0.2) is 28.1 Å². The molecule has 4 rings (SSSR count). The number of aliphatic carboxylic acids is 1. The van der Waals surface area contributed by atoms with Gasteiger partial charge < -0.3 is 10.4 Å². The number of rotatable bonds is 8. The molecule has 0 bridgehead atoms. The second kappa shape index (κ2) is 11.4. The predicted octanol–water partition coefficient (Wildman–Crippen LogP) is 4.69. The summed E-state index contributed by atoms with van der Waals surface area (Å²) >= 11 is 1.21. The van der Waals surface area contributed by atoms with Crippen LogP contribution in [-0.4, -0.2) is 51.9 Å². The molecule has 40 heavy (non-hydrogen) atoms. The minimum absolute atomic E-state index is 0.0351. The molecular weight excluding hydrogens is 550 g/mol. The zero-order valence-electron chi connectivity index (χ0n) is 24.2. The van der Waals surface area contributed by atoms with Gasteiger partial charge >= 0.3 is 5.97 Å². The predicted molar refractivity (Wildman–Crippen MR) is 154 cm³/mol. The monoisotopic (exact) mass is 591 g/mol. The highest BCUT2D eigenvalue weighted by molar-refractivity contribution is 7.89. The molecule has 2 aliphatic carbocycles. The fraction of sp³-hybridized carbons (Fsp3) is 0.679. The minimum Gasteiger partial charge on any atom is -0.481 e. The van der Waals surface area contributed by atoms with Crippen molar-refractivity contribution in [3.05, 3.63) is 22.6 Å². The highest BCUT2D eigenvalue weighted by Crippen LogP contribution is 2.36. The Labute approximate surface area is 240 Å². The topological polar surface area (TPSA) is 151 Å². The van der Waals surface area contributed by atoms with E-state index in [0.29, 0.717) is 41.6 Å².